The van der Waals surface area contributed by atoms with E-state index in [1.54, 1.807) is 47.4 Å². The van der Waals surface area contributed by atoms with Gasteiger partial charge >= 0.3 is 5.97 Å². The van der Waals surface area contributed by atoms with Gasteiger partial charge in [0.1, 0.15) is 13.2 Å². The van der Waals surface area contributed by atoms with Crippen molar-refractivity contribution in [3.05, 3.63) is 48.0 Å². The number of carbonyl (C=O) groups is 3. The molecule has 0 radical (unpaired) electrons. The molecule has 0 bridgehead atoms. The Kier molecular flexibility index (Phi) is 5.07. The molecular formula is C21H20N2O6. The number of hydrogen-bond donors (Lipinski definition) is 1. The van der Waals surface area contributed by atoms with Gasteiger partial charge in [-0.2, -0.15) is 0 Å². The molecular weight excluding hydrogens is 376 g/mol. The minimum atomic E-state index is -0.502. The van der Waals surface area contributed by atoms with Crippen LogP contribution < -0.4 is 19.7 Å². The molecule has 1 fully saturated rings. The number of methoxy groups -OCH3 is 1. The summed E-state index contributed by atoms with van der Waals surface area (Å²) in [6.45, 7) is 1.22. The second-order valence-corrected chi connectivity index (χ2v) is 6.79. The number of hydrogen-bond acceptors (Lipinski definition) is 6. The third-order valence-electron chi connectivity index (χ3n) is 4.88. The number of carbonyl (C=O) groups excluding carboxylic acids is 3. The SMILES string of the molecule is COC(=O)c1cccc(NC(=O)C2CC(=O)N(c3ccc4c(c3)OCCO4)C2)c1. The Bertz CT molecular complexity index is 973. The average Bonchev–Trinajstić information content (AvgIpc) is 3.15. The minimum absolute atomic E-state index is 0.108. The zero-order valence-electron chi connectivity index (χ0n) is 15.8. The molecule has 0 aliphatic carbocycles. The van der Waals surface area contributed by atoms with E-state index in [1.807, 2.05) is 0 Å². The molecule has 29 heavy (non-hydrogen) atoms. The van der Waals surface area contributed by atoms with Crippen LogP contribution in [0.1, 0.15) is 16.8 Å². The highest BCUT2D eigenvalue weighted by atomic mass is 16.6. The fourth-order valence-electron chi connectivity index (χ4n) is 3.42. The van der Waals surface area contributed by atoms with E-state index in [4.69, 9.17) is 14.2 Å². The Morgan fingerprint density at radius 2 is 1.90 bits per heavy atom. The molecule has 1 atom stereocenters. The third-order valence-corrected chi connectivity index (χ3v) is 4.88. The maximum atomic E-state index is 12.7. The lowest BCUT2D eigenvalue weighted by Crippen LogP contribution is -2.28. The highest BCUT2D eigenvalue weighted by Gasteiger charge is 2.35. The number of nitrogens with one attached hydrogen (secondary N) is 1. The van der Waals surface area contributed by atoms with Crippen molar-refractivity contribution in [2.45, 2.75) is 6.42 Å². The number of ether oxygens (including phenoxy) is 3. The molecule has 1 N–H and O–H groups in total. The van der Waals surface area contributed by atoms with Crippen molar-refractivity contribution in [1.82, 2.24) is 0 Å². The summed E-state index contributed by atoms with van der Waals surface area (Å²) in [6.07, 6.45) is 0.108. The molecule has 4 rings (SSSR count). The number of benzene rings is 2. The maximum Gasteiger partial charge on any atom is 0.337 e. The standard InChI is InChI=1S/C21H20N2O6/c1-27-21(26)13-3-2-4-15(9-13)22-20(25)14-10-19(24)23(12-14)16-5-6-17-18(11-16)29-8-7-28-17/h2-6,9,11,14H,7-8,10,12H2,1H3,(H,22,25). The van der Waals surface area contributed by atoms with Crippen molar-refractivity contribution in [1.29, 1.82) is 0 Å². The molecule has 2 amide bonds. The van der Waals surface area contributed by atoms with Crippen molar-refractivity contribution in [2.24, 2.45) is 5.92 Å². The minimum Gasteiger partial charge on any atom is -0.486 e. The number of amides is 2. The molecule has 2 aliphatic rings. The van der Waals surface area contributed by atoms with E-state index in [0.29, 0.717) is 41.7 Å². The molecule has 1 unspecified atom stereocenters. The van der Waals surface area contributed by atoms with Gasteiger partial charge in [0.05, 0.1) is 18.6 Å². The number of esters is 1. The van der Waals surface area contributed by atoms with Crippen molar-refractivity contribution in [2.75, 3.05) is 37.1 Å². The van der Waals surface area contributed by atoms with E-state index >= 15 is 0 Å². The third kappa shape index (κ3) is 3.87. The van der Waals surface area contributed by atoms with Gasteiger partial charge in [-0.25, -0.2) is 4.79 Å². The summed E-state index contributed by atoms with van der Waals surface area (Å²) in [4.78, 5) is 38.4. The monoisotopic (exact) mass is 396 g/mol. The predicted molar refractivity (Wildman–Crippen MR) is 104 cm³/mol. The van der Waals surface area contributed by atoms with Crippen LogP contribution in [0.25, 0.3) is 0 Å². The molecule has 2 aromatic carbocycles. The second kappa shape index (κ2) is 7.83. The first-order valence-electron chi connectivity index (χ1n) is 9.24. The van der Waals surface area contributed by atoms with Crippen molar-refractivity contribution < 1.29 is 28.6 Å². The van der Waals surface area contributed by atoms with Crippen LogP contribution in [-0.2, 0) is 14.3 Å². The first kappa shape index (κ1) is 18.8. The number of rotatable bonds is 4. The van der Waals surface area contributed by atoms with Crippen LogP contribution >= 0.6 is 0 Å². The van der Waals surface area contributed by atoms with Crippen LogP contribution in [0, 0.1) is 5.92 Å². The summed E-state index contributed by atoms with van der Waals surface area (Å²) in [7, 11) is 1.30. The largest absolute Gasteiger partial charge is 0.486 e. The van der Waals surface area contributed by atoms with Crippen LogP contribution in [0.4, 0.5) is 11.4 Å². The molecule has 2 heterocycles. The van der Waals surface area contributed by atoms with Gasteiger partial charge in [0.2, 0.25) is 11.8 Å². The van der Waals surface area contributed by atoms with E-state index in [1.165, 1.54) is 7.11 Å². The topological polar surface area (TPSA) is 94.2 Å². The average molecular weight is 396 g/mol. The van der Waals surface area contributed by atoms with Crippen LogP contribution in [0.15, 0.2) is 42.5 Å². The molecule has 2 aliphatic heterocycles. The van der Waals surface area contributed by atoms with Crippen LogP contribution in [-0.4, -0.2) is 44.7 Å². The molecule has 0 aromatic heterocycles. The molecule has 0 saturated carbocycles. The molecule has 0 spiro atoms. The van der Waals surface area contributed by atoms with Crippen molar-refractivity contribution in [3.63, 3.8) is 0 Å². The molecule has 1 saturated heterocycles. The Morgan fingerprint density at radius 3 is 2.69 bits per heavy atom. The zero-order chi connectivity index (χ0) is 20.4. The smallest absolute Gasteiger partial charge is 0.337 e. The summed E-state index contributed by atoms with van der Waals surface area (Å²) >= 11 is 0. The highest BCUT2D eigenvalue weighted by Crippen LogP contribution is 2.36. The van der Waals surface area contributed by atoms with Gasteiger partial charge in [-0.3, -0.25) is 9.59 Å². The maximum absolute atomic E-state index is 12.7. The summed E-state index contributed by atoms with van der Waals surface area (Å²) in [5.41, 5.74) is 1.48. The van der Waals surface area contributed by atoms with Gasteiger partial charge in [0.15, 0.2) is 11.5 Å². The van der Waals surface area contributed by atoms with Crippen molar-refractivity contribution >= 4 is 29.2 Å². The predicted octanol–water partition coefficient (Wildman–Crippen LogP) is 2.24. The first-order valence-corrected chi connectivity index (χ1v) is 9.24. The summed E-state index contributed by atoms with van der Waals surface area (Å²) in [5, 5.41) is 2.78. The summed E-state index contributed by atoms with van der Waals surface area (Å²) < 4.78 is 15.8. The fourth-order valence-corrected chi connectivity index (χ4v) is 3.42. The van der Waals surface area contributed by atoms with Gasteiger partial charge in [0, 0.05) is 30.4 Å². The Morgan fingerprint density at radius 1 is 1.10 bits per heavy atom. The molecule has 150 valence electrons. The van der Waals surface area contributed by atoms with Crippen LogP contribution in [0.2, 0.25) is 0 Å². The Balaban J connectivity index is 1.45. The van der Waals surface area contributed by atoms with Crippen molar-refractivity contribution in [3.8, 4) is 11.5 Å². The first-order chi connectivity index (χ1) is 14.0. The van der Waals surface area contributed by atoms with E-state index < -0.39 is 11.9 Å². The van der Waals surface area contributed by atoms with Gasteiger partial charge in [-0.1, -0.05) is 6.07 Å². The molecule has 2 aromatic rings. The van der Waals surface area contributed by atoms with E-state index in [2.05, 4.69) is 5.32 Å². The Labute approximate surface area is 167 Å². The lowest BCUT2D eigenvalue weighted by molar-refractivity contribution is -0.122. The normalized spacial score (nSPS) is 17.8. The Hall–Kier alpha value is -3.55. The zero-order valence-corrected chi connectivity index (χ0v) is 15.8. The molecule has 8 heteroatoms. The highest BCUT2D eigenvalue weighted by molar-refractivity contribution is 6.04. The number of anilines is 2. The quantitative estimate of drug-likeness (QED) is 0.797. The lowest BCUT2D eigenvalue weighted by Gasteiger charge is -2.22. The van der Waals surface area contributed by atoms with Crippen LogP contribution in [0.5, 0.6) is 11.5 Å². The lowest BCUT2D eigenvalue weighted by atomic mass is 10.1. The van der Waals surface area contributed by atoms with Gasteiger partial charge < -0.3 is 24.4 Å². The number of fused-ring (bicyclic) bond motifs is 1. The van der Waals surface area contributed by atoms with Gasteiger partial charge in [-0.05, 0) is 30.3 Å². The van der Waals surface area contributed by atoms with E-state index in [0.717, 1.165) is 0 Å². The second-order valence-electron chi connectivity index (χ2n) is 6.79. The van der Waals surface area contributed by atoms with E-state index in [9.17, 15) is 14.4 Å². The summed E-state index contributed by atoms with van der Waals surface area (Å²) in [6, 6.07) is 11.8. The van der Waals surface area contributed by atoms with Crippen LogP contribution in [0.3, 0.4) is 0 Å². The fraction of sp³-hybridized carbons (Fsp3) is 0.286. The van der Waals surface area contributed by atoms with Gasteiger partial charge in [0.25, 0.3) is 0 Å². The van der Waals surface area contributed by atoms with E-state index in [-0.39, 0.29) is 24.8 Å². The number of nitrogens with zero attached hydrogens (tertiary/aromatic N) is 1. The van der Waals surface area contributed by atoms with Gasteiger partial charge in [-0.15, -0.1) is 0 Å². The molecule has 8 nitrogen and oxygen atoms in total. The summed E-state index contributed by atoms with van der Waals surface area (Å²) in [5.74, 6) is -0.162.